The molecule has 0 amide bonds. The second kappa shape index (κ2) is 4.29. The summed E-state index contributed by atoms with van der Waals surface area (Å²) < 4.78 is -1.54. The maximum atomic E-state index is 8.83. The van der Waals surface area contributed by atoms with Crippen LogP contribution in [0.25, 0.3) is 0 Å². The van der Waals surface area contributed by atoms with Crippen LogP contribution in [0.15, 0.2) is 30.3 Å². The standard InChI is InChI=1S/C9H10Cl2O2/c10-9(11,8(12)13)6-7-4-2-1-3-5-7/h1-5,8,12-13H,6H2. The summed E-state index contributed by atoms with van der Waals surface area (Å²) in [5, 5.41) is 17.7. The summed E-state index contributed by atoms with van der Waals surface area (Å²) in [4.78, 5) is 0. The van der Waals surface area contributed by atoms with Gasteiger partial charge in [0.15, 0.2) is 10.6 Å². The molecule has 0 fully saturated rings. The van der Waals surface area contributed by atoms with Crippen molar-refractivity contribution in [1.82, 2.24) is 0 Å². The third-order valence-electron chi connectivity index (χ3n) is 1.66. The van der Waals surface area contributed by atoms with E-state index < -0.39 is 10.6 Å². The van der Waals surface area contributed by atoms with Gasteiger partial charge in [-0.3, -0.25) is 0 Å². The second-order valence-electron chi connectivity index (χ2n) is 2.80. The van der Waals surface area contributed by atoms with Crippen LogP contribution in [0.4, 0.5) is 0 Å². The van der Waals surface area contributed by atoms with Crippen molar-refractivity contribution in [3.05, 3.63) is 35.9 Å². The SMILES string of the molecule is OC(O)C(Cl)(Cl)Cc1ccccc1. The molecule has 0 aliphatic rings. The van der Waals surface area contributed by atoms with Crippen molar-refractivity contribution in [2.45, 2.75) is 17.0 Å². The lowest BCUT2D eigenvalue weighted by Crippen LogP contribution is -2.32. The zero-order valence-electron chi connectivity index (χ0n) is 6.82. The van der Waals surface area contributed by atoms with Gasteiger partial charge >= 0.3 is 0 Å². The minimum Gasteiger partial charge on any atom is -0.366 e. The Morgan fingerprint density at radius 3 is 2.15 bits per heavy atom. The van der Waals surface area contributed by atoms with Gasteiger partial charge < -0.3 is 10.2 Å². The summed E-state index contributed by atoms with van der Waals surface area (Å²) in [5.74, 6) is 0. The lowest BCUT2D eigenvalue weighted by atomic mass is 10.1. The summed E-state index contributed by atoms with van der Waals surface area (Å²) in [5.41, 5.74) is 0.862. The van der Waals surface area contributed by atoms with Crippen molar-refractivity contribution >= 4 is 23.2 Å². The predicted molar refractivity (Wildman–Crippen MR) is 52.8 cm³/mol. The van der Waals surface area contributed by atoms with E-state index in [4.69, 9.17) is 33.4 Å². The quantitative estimate of drug-likeness (QED) is 0.602. The molecule has 4 heteroatoms. The summed E-state index contributed by atoms with van der Waals surface area (Å²) in [6.07, 6.45) is -1.54. The third-order valence-corrected chi connectivity index (χ3v) is 2.32. The fourth-order valence-corrected chi connectivity index (χ4v) is 1.27. The van der Waals surface area contributed by atoms with E-state index in [1.165, 1.54) is 0 Å². The van der Waals surface area contributed by atoms with Crippen LogP contribution < -0.4 is 0 Å². The van der Waals surface area contributed by atoms with Crippen LogP contribution in [0.3, 0.4) is 0 Å². The molecule has 0 aromatic heterocycles. The summed E-state index contributed by atoms with van der Waals surface area (Å²) in [6, 6.07) is 9.18. The number of benzene rings is 1. The molecule has 13 heavy (non-hydrogen) atoms. The highest BCUT2D eigenvalue weighted by Crippen LogP contribution is 2.28. The van der Waals surface area contributed by atoms with Crippen LogP contribution in [-0.2, 0) is 6.42 Å². The molecular weight excluding hydrogens is 211 g/mol. The minimum absolute atomic E-state index is 0.203. The van der Waals surface area contributed by atoms with Crippen LogP contribution >= 0.6 is 23.2 Å². The molecule has 0 bridgehead atoms. The van der Waals surface area contributed by atoms with E-state index in [0.717, 1.165) is 5.56 Å². The van der Waals surface area contributed by atoms with E-state index in [0.29, 0.717) is 0 Å². The Morgan fingerprint density at radius 2 is 1.69 bits per heavy atom. The van der Waals surface area contributed by atoms with Gasteiger partial charge in [-0.05, 0) is 5.56 Å². The summed E-state index contributed by atoms with van der Waals surface area (Å²) >= 11 is 11.3. The van der Waals surface area contributed by atoms with E-state index in [1.54, 1.807) is 0 Å². The van der Waals surface area contributed by atoms with Crippen LogP contribution in [0.2, 0.25) is 0 Å². The Hall–Kier alpha value is -0.280. The van der Waals surface area contributed by atoms with Crippen LogP contribution in [-0.4, -0.2) is 20.8 Å². The Kier molecular flexibility index (Phi) is 3.56. The molecule has 0 aliphatic carbocycles. The van der Waals surface area contributed by atoms with Gasteiger partial charge in [-0.1, -0.05) is 53.5 Å². The molecule has 1 aromatic rings. The third kappa shape index (κ3) is 3.16. The van der Waals surface area contributed by atoms with Crippen molar-refractivity contribution in [2.75, 3.05) is 0 Å². The molecule has 0 heterocycles. The first kappa shape index (κ1) is 10.8. The number of rotatable bonds is 3. The molecule has 0 saturated heterocycles. The highest BCUT2D eigenvalue weighted by molar-refractivity contribution is 6.48. The smallest absolute Gasteiger partial charge is 0.185 e. The van der Waals surface area contributed by atoms with Gasteiger partial charge in [0.2, 0.25) is 0 Å². The highest BCUT2D eigenvalue weighted by Gasteiger charge is 2.32. The molecule has 72 valence electrons. The maximum absolute atomic E-state index is 8.83. The van der Waals surface area contributed by atoms with Crippen LogP contribution in [0.1, 0.15) is 5.56 Å². The van der Waals surface area contributed by atoms with Gasteiger partial charge in [0, 0.05) is 6.42 Å². The zero-order chi connectivity index (χ0) is 9.90. The first-order valence-electron chi connectivity index (χ1n) is 3.80. The van der Waals surface area contributed by atoms with Gasteiger partial charge in [0.25, 0.3) is 0 Å². The molecular formula is C9H10Cl2O2. The number of aliphatic hydroxyl groups is 2. The Labute approximate surface area is 86.7 Å². The summed E-state index contributed by atoms with van der Waals surface area (Å²) in [6.45, 7) is 0. The Bertz CT molecular complexity index is 260. The van der Waals surface area contributed by atoms with E-state index in [-0.39, 0.29) is 6.42 Å². The topological polar surface area (TPSA) is 40.5 Å². The molecule has 1 aromatic carbocycles. The number of aliphatic hydroxyl groups excluding tert-OH is 1. The summed E-state index contributed by atoms with van der Waals surface area (Å²) in [7, 11) is 0. The Morgan fingerprint density at radius 1 is 1.15 bits per heavy atom. The first-order chi connectivity index (χ1) is 6.02. The van der Waals surface area contributed by atoms with Crippen molar-refractivity contribution < 1.29 is 10.2 Å². The lowest BCUT2D eigenvalue weighted by molar-refractivity contribution is -0.0515. The van der Waals surface area contributed by atoms with Gasteiger partial charge in [-0.15, -0.1) is 0 Å². The van der Waals surface area contributed by atoms with Crippen molar-refractivity contribution in [2.24, 2.45) is 0 Å². The van der Waals surface area contributed by atoms with Gasteiger partial charge in [-0.2, -0.15) is 0 Å². The first-order valence-corrected chi connectivity index (χ1v) is 4.56. The molecule has 0 unspecified atom stereocenters. The predicted octanol–water partition coefficient (Wildman–Crippen LogP) is 1.71. The van der Waals surface area contributed by atoms with E-state index >= 15 is 0 Å². The number of alkyl halides is 2. The minimum atomic E-state index is -1.74. The molecule has 0 spiro atoms. The average molecular weight is 221 g/mol. The molecule has 2 N–H and O–H groups in total. The normalized spacial score (nSPS) is 12.1. The van der Waals surface area contributed by atoms with Gasteiger partial charge in [0.1, 0.15) is 0 Å². The molecule has 0 atom stereocenters. The number of halogens is 2. The van der Waals surface area contributed by atoms with Crippen LogP contribution in [0, 0.1) is 0 Å². The monoisotopic (exact) mass is 220 g/mol. The van der Waals surface area contributed by atoms with Crippen LogP contribution in [0.5, 0.6) is 0 Å². The molecule has 0 saturated carbocycles. The molecule has 0 aliphatic heterocycles. The fourth-order valence-electron chi connectivity index (χ4n) is 0.959. The maximum Gasteiger partial charge on any atom is 0.185 e. The molecule has 1 rings (SSSR count). The number of hydrogen-bond donors (Lipinski definition) is 2. The fraction of sp³-hybridized carbons (Fsp3) is 0.333. The molecule has 2 nitrogen and oxygen atoms in total. The van der Waals surface area contributed by atoms with Crippen molar-refractivity contribution in [3.63, 3.8) is 0 Å². The largest absolute Gasteiger partial charge is 0.366 e. The van der Waals surface area contributed by atoms with Gasteiger partial charge in [-0.25, -0.2) is 0 Å². The zero-order valence-corrected chi connectivity index (χ0v) is 8.33. The van der Waals surface area contributed by atoms with Gasteiger partial charge in [0.05, 0.1) is 0 Å². The van der Waals surface area contributed by atoms with E-state index in [9.17, 15) is 0 Å². The van der Waals surface area contributed by atoms with Crippen molar-refractivity contribution in [1.29, 1.82) is 0 Å². The molecule has 0 radical (unpaired) electrons. The lowest BCUT2D eigenvalue weighted by Gasteiger charge is -2.21. The highest BCUT2D eigenvalue weighted by atomic mass is 35.5. The van der Waals surface area contributed by atoms with E-state index in [1.807, 2.05) is 30.3 Å². The number of hydrogen-bond acceptors (Lipinski definition) is 2. The van der Waals surface area contributed by atoms with E-state index in [2.05, 4.69) is 0 Å². The second-order valence-corrected chi connectivity index (χ2v) is 4.34. The average Bonchev–Trinajstić information content (AvgIpc) is 2.05. The van der Waals surface area contributed by atoms with Crippen molar-refractivity contribution in [3.8, 4) is 0 Å². The Balaban J connectivity index is 2.69.